The molecule has 0 radical (unpaired) electrons. The van der Waals surface area contributed by atoms with E-state index in [4.69, 9.17) is 8.92 Å². The zero-order valence-corrected chi connectivity index (χ0v) is 15.1. The first-order valence-electron chi connectivity index (χ1n) is 7.78. The van der Waals surface area contributed by atoms with E-state index in [1.54, 1.807) is 17.9 Å². The van der Waals surface area contributed by atoms with Gasteiger partial charge in [0.15, 0.2) is 0 Å². The van der Waals surface area contributed by atoms with Crippen molar-refractivity contribution >= 4 is 16.2 Å². The number of ether oxygens (including phenoxy) is 1. The summed E-state index contributed by atoms with van der Waals surface area (Å²) in [6.45, 7) is 3.50. The molecule has 9 nitrogen and oxygen atoms in total. The summed E-state index contributed by atoms with van der Waals surface area (Å²) in [5.41, 5.74) is 1.43. The molecule has 1 N–H and O–H groups in total. The zero-order chi connectivity index (χ0) is 18.6. The second-order valence-electron chi connectivity index (χ2n) is 5.93. The molecule has 1 saturated heterocycles. The molecule has 0 aromatic carbocycles. The lowest BCUT2D eigenvalue weighted by Gasteiger charge is -2.23. The highest BCUT2D eigenvalue weighted by atomic mass is 32.2. The average molecular weight is 373 g/mol. The van der Waals surface area contributed by atoms with Crippen LogP contribution in [0.15, 0.2) is 18.9 Å². The summed E-state index contributed by atoms with van der Waals surface area (Å²) >= 11 is 0. The van der Waals surface area contributed by atoms with E-state index in [0.717, 1.165) is 11.8 Å². The summed E-state index contributed by atoms with van der Waals surface area (Å²) in [4.78, 5) is 13.7. The minimum absolute atomic E-state index is 0.0639. The number of nitrogens with zero attached hydrogens (tertiary/aromatic N) is 3. The smallest absolute Gasteiger partial charge is 0.410 e. The maximum atomic E-state index is 12.3. The standard InChI is InChI=1S/C15H23N3O6S/c1-4-5-23-15(20)18-9-13(24-25(3,21)22)7-12(18)6-11-8-16-17(2)14(11)10-19/h4,8,12-13,19H,1,5-7,9-10H2,2-3H3/t12-,13-/m1/s1. The zero-order valence-electron chi connectivity index (χ0n) is 14.3. The highest BCUT2D eigenvalue weighted by Crippen LogP contribution is 2.26. The molecule has 0 saturated carbocycles. The number of hydrogen-bond acceptors (Lipinski definition) is 7. The average Bonchev–Trinajstić information content (AvgIpc) is 3.07. The lowest BCUT2D eigenvalue weighted by Crippen LogP contribution is -2.38. The Morgan fingerprint density at radius 1 is 1.56 bits per heavy atom. The van der Waals surface area contributed by atoms with Gasteiger partial charge in [0.2, 0.25) is 0 Å². The van der Waals surface area contributed by atoms with Crippen molar-refractivity contribution in [3.05, 3.63) is 30.1 Å². The van der Waals surface area contributed by atoms with Gasteiger partial charge in [-0.15, -0.1) is 0 Å². The molecule has 10 heteroatoms. The fourth-order valence-electron chi connectivity index (χ4n) is 2.96. The summed E-state index contributed by atoms with van der Waals surface area (Å²) in [5, 5.41) is 13.6. The predicted molar refractivity (Wildman–Crippen MR) is 89.2 cm³/mol. The largest absolute Gasteiger partial charge is 0.445 e. The number of aryl methyl sites for hydroxylation is 1. The van der Waals surface area contributed by atoms with Crippen molar-refractivity contribution in [3.63, 3.8) is 0 Å². The van der Waals surface area contributed by atoms with Crippen LogP contribution in [-0.4, -0.2) is 65.9 Å². The van der Waals surface area contributed by atoms with Gasteiger partial charge in [0.25, 0.3) is 10.1 Å². The SMILES string of the molecule is C=CCOC(=O)N1C[C@H](OS(C)(=O)=O)C[C@H]1Cc1cnn(C)c1CO. The first-order chi connectivity index (χ1) is 11.7. The molecule has 1 aliphatic heterocycles. The van der Waals surface area contributed by atoms with Crippen LogP contribution in [0.25, 0.3) is 0 Å². The number of carbonyl (C=O) groups excluding carboxylic acids is 1. The van der Waals surface area contributed by atoms with Gasteiger partial charge in [0, 0.05) is 13.1 Å². The van der Waals surface area contributed by atoms with Gasteiger partial charge in [-0.25, -0.2) is 4.79 Å². The third-order valence-corrected chi connectivity index (χ3v) is 4.62. The molecule has 1 aromatic rings. The van der Waals surface area contributed by atoms with E-state index in [2.05, 4.69) is 11.7 Å². The second kappa shape index (κ2) is 7.98. The molecule has 2 rings (SSSR count). The van der Waals surface area contributed by atoms with Gasteiger partial charge in [-0.3, -0.25) is 8.86 Å². The van der Waals surface area contributed by atoms with Crippen LogP contribution >= 0.6 is 0 Å². The van der Waals surface area contributed by atoms with Crippen LogP contribution in [0.5, 0.6) is 0 Å². The normalized spacial score (nSPS) is 20.7. The number of aromatic nitrogens is 2. The molecule has 0 bridgehead atoms. The molecular formula is C15H23N3O6S. The third kappa shape index (κ3) is 5.03. The number of amides is 1. The maximum Gasteiger partial charge on any atom is 0.410 e. The molecule has 1 amide bonds. The highest BCUT2D eigenvalue weighted by Gasteiger charge is 2.38. The summed E-state index contributed by atoms with van der Waals surface area (Å²) in [5.74, 6) is 0. The van der Waals surface area contributed by atoms with E-state index in [1.165, 1.54) is 11.0 Å². The van der Waals surface area contributed by atoms with E-state index < -0.39 is 22.3 Å². The monoisotopic (exact) mass is 373 g/mol. The predicted octanol–water partition coefficient (Wildman–Crippen LogP) is 0.197. The number of hydrogen-bond donors (Lipinski definition) is 1. The Labute approximate surface area is 146 Å². The maximum absolute atomic E-state index is 12.3. The van der Waals surface area contributed by atoms with Crippen LogP contribution in [0, 0.1) is 0 Å². The van der Waals surface area contributed by atoms with Crippen LogP contribution in [0.1, 0.15) is 17.7 Å². The van der Waals surface area contributed by atoms with Crippen LogP contribution < -0.4 is 0 Å². The molecule has 25 heavy (non-hydrogen) atoms. The van der Waals surface area contributed by atoms with Crippen molar-refractivity contribution in [1.29, 1.82) is 0 Å². The molecule has 1 aliphatic rings. The van der Waals surface area contributed by atoms with Crippen LogP contribution in [0.3, 0.4) is 0 Å². The summed E-state index contributed by atoms with van der Waals surface area (Å²) in [6.07, 6.45) is 3.63. The van der Waals surface area contributed by atoms with Crippen LogP contribution in [-0.2, 0) is 39.1 Å². The Hall–Kier alpha value is -1.91. The van der Waals surface area contributed by atoms with Gasteiger partial charge < -0.3 is 14.7 Å². The molecule has 140 valence electrons. The van der Waals surface area contributed by atoms with Gasteiger partial charge in [0.1, 0.15) is 6.61 Å². The molecule has 1 fully saturated rings. The fraction of sp³-hybridized carbons (Fsp3) is 0.600. The highest BCUT2D eigenvalue weighted by molar-refractivity contribution is 7.86. The summed E-state index contributed by atoms with van der Waals surface area (Å²) in [7, 11) is -1.91. The summed E-state index contributed by atoms with van der Waals surface area (Å²) in [6, 6.07) is -0.321. The lowest BCUT2D eigenvalue weighted by atomic mass is 10.0. The van der Waals surface area contributed by atoms with Crippen LogP contribution in [0.4, 0.5) is 4.79 Å². The minimum Gasteiger partial charge on any atom is -0.445 e. The Bertz CT molecular complexity index is 730. The summed E-state index contributed by atoms with van der Waals surface area (Å²) < 4.78 is 34.5. The quantitative estimate of drug-likeness (QED) is 0.537. The van der Waals surface area contributed by atoms with Crippen molar-refractivity contribution in [2.24, 2.45) is 7.05 Å². The molecule has 0 spiro atoms. The van der Waals surface area contributed by atoms with Crippen molar-refractivity contribution < 1.29 is 27.2 Å². The van der Waals surface area contributed by atoms with E-state index >= 15 is 0 Å². The molecule has 2 atom stereocenters. The second-order valence-corrected chi connectivity index (χ2v) is 7.53. The first-order valence-corrected chi connectivity index (χ1v) is 9.60. The Morgan fingerprint density at radius 2 is 2.28 bits per heavy atom. The minimum atomic E-state index is -3.63. The van der Waals surface area contributed by atoms with Crippen molar-refractivity contribution in [3.8, 4) is 0 Å². The van der Waals surface area contributed by atoms with Gasteiger partial charge in [0.05, 0.1) is 37.4 Å². The van der Waals surface area contributed by atoms with E-state index in [9.17, 15) is 18.3 Å². The molecule has 0 unspecified atom stereocenters. The van der Waals surface area contributed by atoms with Crippen molar-refractivity contribution in [2.75, 3.05) is 19.4 Å². The van der Waals surface area contributed by atoms with Crippen LogP contribution in [0.2, 0.25) is 0 Å². The molecule has 1 aromatic heterocycles. The number of carbonyl (C=O) groups is 1. The molecule has 2 heterocycles. The Morgan fingerprint density at radius 3 is 2.88 bits per heavy atom. The lowest BCUT2D eigenvalue weighted by molar-refractivity contribution is 0.104. The topological polar surface area (TPSA) is 111 Å². The number of aliphatic hydroxyl groups is 1. The first kappa shape index (κ1) is 19.4. The Kier molecular flexibility index (Phi) is 6.20. The van der Waals surface area contributed by atoms with E-state index in [0.29, 0.717) is 18.5 Å². The molecular weight excluding hydrogens is 350 g/mol. The van der Waals surface area contributed by atoms with Crippen molar-refractivity contribution in [1.82, 2.24) is 14.7 Å². The Balaban J connectivity index is 2.17. The number of likely N-dealkylation sites (tertiary alicyclic amines) is 1. The number of rotatable bonds is 7. The molecule has 0 aliphatic carbocycles. The van der Waals surface area contributed by atoms with E-state index in [1.807, 2.05) is 0 Å². The number of aliphatic hydroxyl groups excluding tert-OH is 1. The van der Waals surface area contributed by atoms with E-state index in [-0.39, 0.29) is 25.8 Å². The third-order valence-electron chi connectivity index (χ3n) is 4.00. The van der Waals surface area contributed by atoms with Gasteiger partial charge >= 0.3 is 6.09 Å². The van der Waals surface area contributed by atoms with Gasteiger partial charge in [-0.05, 0) is 18.4 Å². The van der Waals surface area contributed by atoms with Gasteiger partial charge in [-0.1, -0.05) is 12.7 Å². The fourth-order valence-corrected chi connectivity index (χ4v) is 3.59. The van der Waals surface area contributed by atoms with Gasteiger partial charge in [-0.2, -0.15) is 13.5 Å². The van der Waals surface area contributed by atoms with Crippen molar-refractivity contribution in [2.45, 2.75) is 31.6 Å².